The highest BCUT2D eigenvalue weighted by atomic mass is 16.5. The number of hydrogen-bond donors (Lipinski definition) is 2. The van der Waals surface area contributed by atoms with E-state index >= 15 is 0 Å². The van der Waals surface area contributed by atoms with Crippen LogP contribution >= 0.6 is 0 Å². The molecule has 5 heteroatoms. The third-order valence-corrected chi connectivity index (χ3v) is 2.98. The van der Waals surface area contributed by atoms with Crippen LogP contribution in [0.4, 0.5) is 0 Å². The van der Waals surface area contributed by atoms with Gasteiger partial charge in [-0.3, -0.25) is 4.79 Å². The van der Waals surface area contributed by atoms with E-state index in [0.717, 1.165) is 24.4 Å². The lowest BCUT2D eigenvalue weighted by Crippen LogP contribution is -2.23. The molecule has 0 aliphatic rings. The van der Waals surface area contributed by atoms with E-state index in [1.807, 2.05) is 13.0 Å². The number of hydrogen-bond acceptors (Lipinski definition) is 4. The minimum atomic E-state index is -0.728. The van der Waals surface area contributed by atoms with Crippen LogP contribution in [0.15, 0.2) is 10.6 Å². The molecule has 1 aromatic heterocycles. The topological polar surface area (TPSA) is 75.4 Å². The molecule has 0 atom stereocenters. The quantitative estimate of drug-likeness (QED) is 0.696. The Hall–Kier alpha value is -1.36. The Morgan fingerprint density at radius 1 is 1.50 bits per heavy atom. The lowest BCUT2D eigenvalue weighted by Gasteiger charge is -2.23. The summed E-state index contributed by atoms with van der Waals surface area (Å²) >= 11 is 0. The molecule has 1 heterocycles. The SMILES string of the molecule is Cc1cc(CNCCC(C)(C)CCC(=O)O)no1. The Bertz CT molecular complexity index is 385. The smallest absolute Gasteiger partial charge is 0.303 e. The summed E-state index contributed by atoms with van der Waals surface area (Å²) in [6.07, 6.45) is 1.87. The fourth-order valence-electron chi connectivity index (χ4n) is 1.71. The van der Waals surface area contributed by atoms with Crippen LogP contribution in [0.3, 0.4) is 0 Å². The molecule has 0 aromatic carbocycles. The second-order valence-electron chi connectivity index (χ2n) is 5.41. The zero-order valence-electron chi connectivity index (χ0n) is 11.3. The molecule has 0 saturated heterocycles. The molecular weight excluding hydrogens is 232 g/mol. The average Bonchev–Trinajstić information content (AvgIpc) is 2.68. The number of aliphatic carboxylic acids is 1. The van der Waals surface area contributed by atoms with Crippen LogP contribution in [0.2, 0.25) is 0 Å². The van der Waals surface area contributed by atoms with Crippen molar-refractivity contribution in [1.82, 2.24) is 10.5 Å². The Labute approximate surface area is 108 Å². The Kier molecular flexibility index (Phi) is 5.34. The molecule has 1 rings (SSSR count). The van der Waals surface area contributed by atoms with Crippen LogP contribution in [-0.4, -0.2) is 22.8 Å². The van der Waals surface area contributed by atoms with Gasteiger partial charge < -0.3 is 14.9 Å². The number of nitrogens with zero attached hydrogens (tertiary/aromatic N) is 1. The number of nitrogens with one attached hydrogen (secondary N) is 1. The van der Waals surface area contributed by atoms with Crippen molar-refractivity contribution in [2.45, 2.75) is 46.6 Å². The molecule has 102 valence electrons. The van der Waals surface area contributed by atoms with E-state index in [1.54, 1.807) is 0 Å². The second-order valence-corrected chi connectivity index (χ2v) is 5.41. The molecule has 5 nitrogen and oxygen atoms in total. The highest BCUT2D eigenvalue weighted by Crippen LogP contribution is 2.25. The van der Waals surface area contributed by atoms with Crippen LogP contribution in [0.25, 0.3) is 0 Å². The Morgan fingerprint density at radius 2 is 2.22 bits per heavy atom. The molecule has 0 saturated carbocycles. The highest BCUT2D eigenvalue weighted by Gasteiger charge is 2.18. The number of carbonyl (C=O) groups is 1. The van der Waals surface area contributed by atoms with Gasteiger partial charge in [0, 0.05) is 19.0 Å². The van der Waals surface area contributed by atoms with Crippen molar-refractivity contribution in [3.63, 3.8) is 0 Å². The molecule has 0 unspecified atom stereocenters. The van der Waals surface area contributed by atoms with Crippen LogP contribution in [0, 0.1) is 12.3 Å². The summed E-state index contributed by atoms with van der Waals surface area (Å²) in [5.74, 6) is 0.0858. The number of rotatable bonds is 8. The van der Waals surface area contributed by atoms with Gasteiger partial charge in [-0.25, -0.2) is 0 Å². The maximum absolute atomic E-state index is 10.5. The van der Waals surface area contributed by atoms with Crippen molar-refractivity contribution < 1.29 is 14.4 Å². The minimum Gasteiger partial charge on any atom is -0.481 e. The molecule has 2 N–H and O–H groups in total. The fraction of sp³-hybridized carbons (Fsp3) is 0.692. The van der Waals surface area contributed by atoms with Crippen LogP contribution < -0.4 is 5.32 Å². The molecule has 0 fully saturated rings. The fourth-order valence-corrected chi connectivity index (χ4v) is 1.71. The Morgan fingerprint density at radius 3 is 2.78 bits per heavy atom. The summed E-state index contributed by atoms with van der Waals surface area (Å²) in [5, 5.41) is 15.8. The normalized spacial score (nSPS) is 11.7. The van der Waals surface area contributed by atoms with E-state index in [-0.39, 0.29) is 11.8 Å². The lowest BCUT2D eigenvalue weighted by atomic mass is 9.84. The molecular formula is C13H22N2O3. The predicted octanol–water partition coefficient (Wildman–Crippen LogP) is 2.35. The third kappa shape index (κ3) is 5.82. The summed E-state index contributed by atoms with van der Waals surface area (Å²) in [7, 11) is 0. The summed E-state index contributed by atoms with van der Waals surface area (Å²) < 4.78 is 4.97. The first-order valence-corrected chi connectivity index (χ1v) is 6.24. The lowest BCUT2D eigenvalue weighted by molar-refractivity contribution is -0.137. The van der Waals surface area contributed by atoms with Crippen molar-refractivity contribution in [2.24, 2.45) is 5.41 Å². The van der Waals surface area contributed by atoms with Crippen molar-refractivity contribution >= 4 is 5.97 Å². The third-order valence-electron chi connectivity index (χ3n) is 2.98. The standard InChI is InChI=1S/C13H22N2O3/c1-10-8-11(15-18-10)9-14-7-6-13(2,3)5-4-12(16)17/h8,14H,4-7,9H2,1-3H3,(H,16,17). The van der Waals surface area contributed by atoms with Crippen LogP contribution in [-0.2, 0) is 11.3 Å². The largest absolute Gasteiger partial charge is 0.481 e. The molecule has 18 heavy (non-hydrogen) atoms. The van der Waals surface area contributed by atoms with Crippen LogP contribution in [0.5, 0.6) is 0 Å². The van der Waals surface area contributed by atoms with Gasteiger partial charge in [-0.15, -0.1) is 0 Å². The molecule has 1 aromatic rings. The molecule has 0 aliphatic heterocycles. The van der Waals surface area contributed by atoms with Crippen molar-refractivity contribution in [2.75, 3.05) is 6.54 Å². The zero-order valence-corrected chi connectivity index (χ0v) is 11.3. The molecule has 0 bridgehead atoms. The highest BCUT2D eigenvalue weighted by molar-refractivity contribution is 5.66. The van der Waals surface area contributed by atoms with Crippen LogP contribution in [0.1, 0.15) is 44.6 Å². The Balaban J connectivity index is 2.18. The van der Waals surface area contributed by atoms with Gasteiger partial charge in [0.05, 0.1) is 5.69 Å². The summed E-state index contributed by atoms with van der Waals surface area (Å²) in [6, 6.07) is 1.91. The van der Waals surface area contributed by atoms with Gasteiger partial charge in [-0.1, -0.05) is 19.0 Å². The van der Waals surface area contributed by atoms with Crippen molar-refractivity contribution in [3.05, 3.63) is 17.5 Å². The van der Waals surface area contributed by atoms with E-state index in [2.05, 4.69) is 24.3 Å². The second kappa shape index (κ2) is 6.54. The number of aromatic nitrogens is 1. The first-order chi connectivity index (χ1) is 8.39. The molecule has 0 spiro atoms. The summed E-state index contributed by atoms with van der Waals surface area (Å²) in [4.78, 5) is 10.5. The van der Waals surface area contributed by atoms with Crippen molar-refractivity contribution in [1.29, 1.82) is 0 Å². The predicted molar refractivity (Wildman–Crippen MR) is 68.2 cm³/mol. The maximum Gasteiger partial charge on any atom is 0.303 e. The minimum absolute atomic E-state index is 0.0468. The van der Waals surface area contributed by atoms with E-state index in [1.165, 1.54) is 0 Å². The number of aryl methyl sites for hydroxylation is 1. The molecule has 0 radical (unpaired) electrons. The van der Waals surface area contributed by atoms with E-state index in [9.17, 15) is 4.79 Å². The summed E-state index contributed by atoms with van der Waals surface area (Å²) in [6.45, 7) is 7.59. The van der Waals surface area contributed by atoms with Gasteiger partial charge in [0.25, 0.3) is 0 Å². The van der Waals surface area contributed by atoms with E-state index in [0.29, 0.717) is 13.0 Å². The number of carboxylic acid groups (broad SMARTS) is 1. The molecule has 0 amide bonds. The van der Waals surface area contributed by atoms with E-state index < -0.39 is 5.97 Å². The first kappa shape index (κ1) is 14.7. The van der Waals surface area contributed by atoms with Gasteiger partial charge in [0.2, 0.25) is 0 Å². The van der Waals surface area contributed by atoms with E-state index in [4.69, 9.17) is 9.63 Å². The number of carboxylic acids is 1. The van der Waals surface area contributed by atoms with Crippen molar-refractivity contribution in [3.8, 4) is 0 Å². The maximum atomic E-state index is 10.5. The summed E-state index contributed by atoms with van der Waals surface area (Å²) in [5.41, 5.74) is 0.946. The monoisotopic (exact) mass is 254 g/mol. The van der Waals surface area contributed by atoms with Gasteiger partial charge in [0.15, 0.2) is 0 Å². The zero-order chi connectivity index (χ0) is 13.6. The van der Waals surface area contributed by atoms with Gasteiger partial charge in [-0.2, -0.15) is 0 Å². The average molecular weight is 254 g/mol. The molecule has 0 aliphatic carbocycles. The first-order valence-electron chi connectivity index (χ1n) is 6.24. The van der Waals surface area contributed by atoms with Gasteiger partial charge >= 0.3 is 5.97 Å². The van der Waals surface area contributed by atoms with Gasteiger partial charge in [0.1, 0.15) is 5.76 Å². The van der Waals surface area contributed by atoms with Gasteiger partial charge in [-0.05, 0) is 31.7 Å².